The topological polar surface area (TPSA) is 63.8 Å². The average Bonchev–Trinajstić information content (AvgIpc) is 2.52. The molecule has 21 heavy (non-hydrogen) atoms. The van der Waals surface area contributed by atoms with Crippen molar-refractivity contribution in [2.24, 2.45) is 0 Å². The van der Waals surface area contributed by atoms with Crippen LogP contribution in [0.3, 0.4) is 0 Å². The first kappa shape index (κ1) is 13.4. The van der Waals surface area contributed by atoms with Crippen molar-refractivity contribution in [1.29, 1.82) is 0 Å². The van der Waals surface area contributed by atoms with Gasteiger partial charge in [-0.2, -0.15) is 4.98 Å². The number of hydrogen-bond donors (Lipinski definition) is 2. The minimum atomic E-state index is 0.305. The van der Waals surface area contributed by atoms with Crippen molar-refractivity contribution in [3.63, 3.8) is 0 Å². The second kappa shape index (κ2) is 6.22. The van der Waals surface area contributed by atoms with Crippen molar-refractivity contribution in [1.82, 2.24) is 9.97 Å². The maximum atomic E-state index is 5.76. The number of para-hydroxylation sites is 1. The third-order valence-corrected chi connectivity index (χ3v) is 3.40. The molecule has 0 saturated heterocycles. The molecule has 0 radical (unpaired) electrons. The first-order valence-corrected chi connectivity index (χ1v) is 7.13. The minimum absolute atomic E-state index is 0.305. The number of benzene rings is 2. The molecule has 4 nitrogen and oxygen atoms in total. The van der Waals surface area contributed by atoms with Crippen molar-refractivity contribution in [3.8, 4) is 0 Å². The lowest BCUT2D eigenvalue weighted by atomic mass is 10.1. The van der Waals surface area contributed by atoms with Gasteiger partial charge in [0.2, 0.25) is 5.95 Å². The van der Waals surface area contributed by atoms with E-state index in [0.717, 1.165) is 36.1 Å². The monoisotopic (exact) mass is 278 g/mol. The van der Waals surface area contributed by atoms with Crippen LogP contribution in [-0.4, -0.2) is 16.5 Å². The Hall–Kier alpha value is -2.62. The van der Waals surface area contributed by atoms with Gasteiger partial charge in [0.25, 0.3) is 0 Å². The molecule has 0 aliphatic heterocycles. The molecule has 4 heteroatoms. The lowest BCUT2D eigenvalue weighted by Crippen LogP contribution is -2.07. The van der Waals surface area contributed by atoms with Crippen molar-refractivity contribution in [2.75, 3.05) is 17.6 Å². The smallest absolute Gasteiger partial charge is 0.222 e. The summed E-state index contributed by atoms with van der Waals surface area (Å²) in [4.78, 5) is 8.54. The summed E-state index contributed by atoms with van der Waals surface area (Å²) in [7, 11) is 0. The highest BCUT2D eigenvalue weighted by atomic mass is 15.1. The number of fused-ring (bicyclic) bond motifs is 1. The maximum Gasteiger partial charge on any atom is 0.222 e. The summed E-state index contributed by atoms with van der Waals surface area (Å²) in [6.07, 6.45) is 2.09. The summed E-state index contributed by atoms with van der Waals surface area (Å²) in [5.41, 5.74) is 7.98. The van der Waals surface area contributed by atoms with E-state index in [0.29, 0.717) is 5.95 Å². The van der Waals surface area contributed by atoms with Crippen molar-refractivity contribution in [3.05, 3.63) is 60.2 Å². The number of anilines is 2. The molecule has 0 spiro atoms. The second-order valence-corrected chi connectivity index (χ2v) is 4.96. The molecule has 3 rings (SSSR count). The lowest BCUT2D eigenvalue weighted by Gasteiger charge is -2.09. The first-order valence-electron chi connectivity index (χ1n) is 7.13. The molecule has 0 atom stereocenters. The van der Waals surface area contributed by atoms with Gasteiger partial charge in [-0.05, 0) is 30.5 Å². The van der Waals surface area contributed by atoms with E-state index in [1.807, 2.05) is 30.3 Å². The van der Waals surface area contributed by atoms with Crippen LogP contribution in [-0.2, 0) is 6.42 Å². The van der Waals surface area contributed by atoms with Gasteiger partial charge in [0.15, 0.2) is 0 Å². The first-order chi connectivity index (χ1) is 10.3. The molecule has 106 valence electrons. The highest BCUT2D eigenvalue weighted by Gasteiger charge is 2.04. The molecule has 0 unspecified atom stereocenters. The highest BCUT2D eigenvalue weighted by Crippen LogP contribution is 2.20. The van der Waals surface area contributed by atoms with E-state index in [2.05, 4.69) is 39.6 Å². The Kier molecular flexibility index (Phi) is 3.96. The Morgan fingerprint density at radius 3 is 2.52 bits per heavy atom. The number of nitrogen functional groups attached to an aromatic ring is 1. The third-order valence-electron chi connectivity index (χ3n) is 3.40. The number of rotatable bonds is 5. The van der Waals surface area contributed by atoms with Gasteiger partial charge in [0, 0.05) is 11.9 Å². The summed E-state index contributed by atoms with van der Waals surface area (Å²) >= 11 is 0. The van der Waals surface area contributed by atoms with Gasteiger partial charge >= 0.3 is 0 Å². The summed E-state index contributed by atoms with van der Waals surface area (Å²) in [5.74, 6) is 1.12. The molecule has 0 aliphatic carbocycles. The van der Waals surface area contributed by atoms with Gasteiger partial charge in [-0.3, -0.25) is 0 Å². The quantitative estimate of drug-likeness (QED) is 0.703. The van der Waals surface area contributed by atoms with Crippen LogP contribution >= 0.6 is 0 Å². The van der Waals surface area contributed by atoms with E-state index >= 15 is 0 Å². The number of nitrogens with zero attached hydrogens (tertiary/aromatic N) is 2. The van der Waals surface area contributed by atoms with Crippen LogP contribution in [0.2, 0.25) is 0 Å². The number of aryl methyl sites for hydroxylation is 1. The normalized spacial score (nSPS) is 10.7. The molecule has 1 aromatic heterocycles. The molecular formula is C17H18N4. The van der Waals surface area contributed by atoms with Gasteiger partial charge in [-0.15, -0.1) is 0 Å². The van der Waals surface area contributed by atoms with Crippen molar-refractivity contribution >= 4 is 22.7 Å². The van der Waals surface area contributed by atoms with Gasteiger partial charge in [0.1, 0.15) is 5.82 Å². The Morgan fingerprint density at radius 2 is 1.67 bits per heavy atom. The largest absolute Gasteiger partial charge is 0.369 e. The molecule has 0 amide bonds. The van der Waals surface area contributed by atoms with Crippen LogP contribution in [0.5, 0.6) is 0 Å². The van der Waals surface area contributed by atoms with Gasteiger partial charge < -0.3 is 11.1 Å². The van der Waals surface area contributed by atoms with Crippen molar-refractivity contribution in [2.45, 2.75) is 12.8 Å². The van der Waals surface area contributed by atoms with E-state index < -0.39 is 0 Å². The molecule has 3 aromatic rings. The van der Waals surface area contributed by atoms with Gasteiger partial charge in [-0.1, -0.05) is 42.5 Å². The van der Waals surface area contributed by atoms with E-state index in [9.17, 15) is 0 Å². The van der Waals surface area contributed by atoms with Crippen LogP contribution in [0.1, 0.15) is 12.0 Å². The fourth-order valence-electron chi connectivity index (χ4n) is 2.37. The molecular weight excluding hydrogens is 260 g/mol. The van der Waals surface area contributed by atoms with E-state index in [-0.39, 0.29) is 0 Å². The summed E-state index contributed by atoms with van der Waals surface area (Å²) in [6, 6.07) is 18.4. The van der Waals surface area contributed by atoms with E-state index in [4.69, 9.17) is 5.73 Å². The van der Waals surface area contributed by atoms with E-state index in [1.54, 1.807) is 0 Å². The Labute approximate surface area is 124 Å². The lowest BCUT2D eigenvalue weighted by molar-refractivity contribution is 0.860. The van der Waals surface area contributed by atoms with Crippen LogP contribution in [0.4, 0.5) is 11.8 Å². The zero-order valence-electron chi connectivity index (χ0n) is 11.8. The fourth-order valence-corrected chi connectivity index (χ4v) is 2.37. The van der Waals surface area contributed by atoms with Gasteiger partial charge in [-0.25, -0.2) is 4.98 Å². The van der Waals surface area contributed by atoms with Crippen LogP contribution in [0.15, 0.2) is 54.6 Å². The molecule has 0 aliphatic rings. The molecule has 3 N–H and O–H groups in total. The SMILES string of the molecule is Nc1nc(NCCCc2ccccc2)c2ccccc2n1. The zero-order chi connectivity index (χ0) is 14.5. The molecule has 0 saturated carbocycles. The molecule has 2 aromatic carbocycles. The zero-order valence-corrected chi connectivity index (χ0v) is 11.8. The maximum absolute atomic E-state index is 5.76. The Morgan fingerprint density at radius 1 is 0.905 bits per heavy atom. The van der Waals surface area contributed by atoms with Gasteiger partial charge in [0.05, 0.1) is 5.52 Å². The number of aromatic nitrogens is 2. The predicted molar refractivity (Wildman–Crippen MR) is 87.2 cm³/mol. The minimum Gasteiger partial charge on any atom is -0.369 e. The molecule has 0 fully saturated rings. The summed E-state index contributed by atoms with van der Waals surface area (Å²) in [6.45, 7) is 0.856. The third kappa shape index (κ3) is 3.28. The van der Waals surface area contributed by atoms with Crippen LogP contribution in [0, 0.1) is 0 Å². The molecule has 1 heterocycles. The second-order valence-electron chi connectivity index (χ2n) is 4.96. The Balaban J connectivity index is 1.65. The number of nitrogens with one attached hydrogen (secondary N) is 1. The highest BCUT2D eigenvalue weighted by molar-refractivity contribution is 5.89. The predicted octanol–water partition coefficient (Wildman–Crippen LogP) is 3.26. The van der Waals surface area contributed by atoms with E-state index in [1.165, 1.54) is 5.56 Å². The fraction of sp³-hybridized carbons (Fsp3) is 0.176. The Bertz CT molecular complexity index is 725. The number of hydrogen-bond acceptors (Lipinski definition) is 4. The van der Waals surface area contributed by atoms with Crippen LogP contribution < -0.4 is 11.1 Å². The van der Waals surface area contributed by atoms with Crippen LogP contribution in [0.25, 0.3) is 10.9 Å². The standard InChI is InChI=1S/C17H18N4/c18-17-20-15-11-5-4-10-14(15)16(21-17)19-12-6-9-13-7-2-1-3-8-13/h1-5,7-8,10-11H,6,9,12H2,(H3,18,19,20,21). The summed E-state index contributed by atoms with van der Waals surface area (Å²) < 4.78 is 0. The summed E-state index contributed by atoms with van der Waals surface area (Å²) in [5, 5.41) is 4.37. The average molecular weight is 278 g/mol. The van der Waals surface area contributed by atoms with Crippen molar-refractivity contribution < 1.29 is 0 Å². The molecule has 0 bridgehead atoms. The number of nitrogens with two attached hydrogens (primary N) is 1.